The van der Waals surface area contributed by atoms with E-state index < -0.39 is 6.23 Å². The molecule has 5 rings (SSSR count). The van der Waals surface area contributed by atoms with Gasteiger partial charge in [0.1, 0.15) is 11.5 Å². The summed E-state index contributed by atoms with van der Waals surface area (Å²) in [7, 11) is 0. The maximum absolute atomic E-state index is 10.2. The number of para-hydroxylation sites is 1. The fourth-order valence-corrected chi connectivity index (χ4v) is 3.94. The molecule has 2 aromatic carbocycles. The first-order chi connectivity index (χ1) is 12.7. The number of halogens is 1. The fraction of sp³-hybridized carbons (Fsp3) is 0.150. The second-order valence-electron chi connectivity index (χ2n) is 6.33. The summed E-state index contributed by atoms with van der Waals surface area (Å²) in [5.41, 5.74) is 2.65. The number of nitrogens with zero attached hydrogens (tertiary/aromatic N) is 2. The van der Waals surface area contributed by atoms with E-state index >= 15 is 0 Å². The summed E-state index contributed by atoms with van der Waals surface area (Å²) in [5, 5.41) is 17.0. The van der Waals surface area contributed by atoms with Gasteiger partial charge in [-0.2, -0.15) is 5.10 Å². The SMILES string of the molecule is Oc1ccccc1C1=NN2[C@@H](C1)c1cc(Br)ccc1O[C@H]2c1ccco1. The summed E-state index contributed by atoms with van der Waals surface area (Å²) < 4.78 is 12.8. The van der Waals surface area contributed by atoms with Crippen LogP contribution in [-0.2, 0) is 0 Å². The Morgan fingerprint density at radius 3 is 2.81 bits per heavy atom. The molecule has 0 spiro atoms. The van der Waals surface area contributed by atoms with E-state index in [0.29, 0.717) is 12.2 Å². The van der Waals surface area contributed by atoms with Gasteiger partial charge in [-0.05, 0) is 42.5 Å². The van der Waals surface area contributed by atoms with Crippen molar-refractivity contribution in [3.8, 4) is 11.5 Å². The minimum Gasteiger partial charge on any atom is -0.507 e. The van der Waals surface area contributed by atoms with Crippen molar-refractivity contribution in [2.75, 3.05) is 0 Å². The van der Waals surface area contributed by atoms with Crippen molar-refractivity contribution in [1.29, 1.82) is 0 Å². The summed E-state index contributed by atoms with van der Waals surface area (Å²) in [6.45, 7) is 0. The van der Waals surface area contributed by atoms with E-state index in [1.165, 1.54) is 0 Å². The van der Waals surface area contributed by atoms with Crippen LogP contribution in [0.5, 0.6) is 11.5 Å². The normalized spacial score (nSPS) is 21.0. The van der Waals surface area contributed by atoms with E-state index in [1.807, 2.05) is 47.5 Å². The number of fused-ring (bicyclic) bond motifs is 3. The van der Waals surface area contributed by atoms with Crippen LogP contribution in [0.2, 0.25) is 0 Å². The minimum atomic E-state index is -0.438. The molecule has 0 saturated carbocycles. The van der Waals surface area contributed by atoms with E-state index in [2.05, 4.69) is 22.0 Å². The van der Waals surface area contributed by atoms with Crippen LogP contribution in [0.3, 0.4) is 0 Å². The lowest BCUT2D eigenvalue weighted by Gasteiger charge is -2.37. The summed E-state index contributed by atoms with van der Waals surface area (Å²) in [6, 6.07) is 17.0. The Morgan fingerprint density at radius 2 is 2.00 bits per heavy atom. The maximum Gasteiger partial charge on any atom is 0.246 e. The Labute approximate surface area is 158 Å². The largest absolute Gasteiger partial charge is 0.507 e. The molecule has 0 aliphatic carbocycles. The molecule has 2 aliphatic heterocycles. The third-order valence-corrected chi connectivity index (χ3v) is 5.25. The van der Waals surface area contributed by atoms with Crippen LogP contribution in [0.25, 0.3) is 0 Å². The molecule has 2 aliphatic rings. The third-order valence-electron chi connectivity index (χ3n) is 4.75. The van der Waals surface area contributed by atoms with Crippen molar-refractivity contribution in [3.05, 3.63) is 82.2 Å². The summed E-state index contributed by atoms with van der Waals surface area (Å²) >= 11 is 3.54. The Balaban J connectivity index is 1.62. The highest BCUT2D eigenvalue weighted by atomic mass is 79.9. The first-order valence-corrected chi connectivity index (χ1v) is 9.14. The number of furan rings is 1. The third kappa shape index (κ3) is 2.41. The molecule has 0 unspecified atom stereocenters. The highest BCUT2D eigenvalue weighted by molar-refractivity contribution is 9.10. The Bertz CT molecular complexity index is 1000. The number of aromatic hydroxyl groups is 1. The lowest BCUT2D eigenvalue weighted by molar-refractivity contribution is -0.0325. The molecule has 1 aromatic heterocycles. The van der Waals surface area contributed by atoms with Crippen molar-refractivity contribution in [3.63, 3.8) is 0 Å². The number of hydrazone groups is 1. The van der Waals surface area contributed by atoms with Crippen LogP contribution in [0.4, 0.5) is 0 Å². The average molecular weight is 411 g/mol. The zero-order valence-corrected chi connectivity index (χ0v) is 15.3. The Morgan fingerprint density at radius 1 is 1.12 bits per heavy atom. The van der Waals surface area contributed by atoms with E-state index in [0.717, 1.165) is 27.1 Å². The number of phenols is 1. The molecule has 3 heterocycles. The van der Waals surface area contributed by atoms with Gasteiger partial charge < -0.3 is 14.3 Å². The van der Waals surface area contributed by atoms with Gasteiger partial charge in [0.15, 0.2) is 5.76 Å². The topological polar surface area (TPSA) is 58.2 Å². The molecule has 2 atom stereocenters. The number of hydrogen-bond donors (Lipinski definition) is 1. The molecule has 6 heteroatoms. The molecule has 0 saturated heterocycles. The standard InChI is InChI=1S/C20H15BrN2O3/c21-12-7-8-18-14(10-12)16-11-15(13-4-1-2-5-17(13)24)22-23(16)20(26-18)19-6-3-9-25-19/h1-10,16,20,24H,11H2/t16-,20-/m0/s1. The van der Waals surface area contributed by atoms with Crippen molar-refractivity contribution in [1.82, 2.24) is 5.01 Å². The molecular weight excluding hydrogens is 396 g/mol. The fourth-order valence-electron chi connectivity index (χ4n) is 3.56. The molecule has 0 bridgehead atoms. The maximum atomic E-state index is 10.2. The Kier molecular flexibility index (Phi) is 3.53. The van der Waals surface area contributed by atoms with E-state index in [4.69, 9.17) is 14.3 Å². The predicted octanol–water partition coefficient (Wildman–Crippen LogP) is 4.99. The van der Waals surface area contributed by atoms with Gasteiger partial charge in [-0.3, -0.25) is 0 Å². The number of rotatable bonds is 2. The summed E-state index contributed by atoms with van der Waals surface area (Å²) in [6.07, 6.45) is 1.88. The lowest BCUT2D eigenvalue weighted by Crippen LogP contribution is -2.33. The lowest BCUT2D eigenvalue weighted by atomic mass is 9.96. The molecule has 0 radical (unpaired) electrons. The summed E-state index contributed by atoms with van der Waals surface area (Å²) in [4.78, 5) is 0. The zero-order valence-electron chi connectivity index (χ0n) is 13.7. The molecule has 1 N–H and O–H groups in total. The average Bonchev–Trinajstić information content (AvgIpc) is 3.32. The van der Waals surface area contributed by atoms with Crippen molar-refractivity contribution >= 4 is 21.6 Å². The van der Waals surface area contributed by atoms with Gasteiger partial charge >= 0.3 is 0 Å². The number of ether oxygens (including phenoxy) is 1. The first-order valence-electron chi connectivity index (χ1n) is 8.34. The van der Waals surface area contributed by atoms with Crippen LogP contribution >= 0.6 is 15.9 Å². The predicted molar refractivity (Wildman–Crippen MR) is 100 cm³/mol. The quantitative estimate of drug-likeness (QED) is 0.646. The van der Waals surface area contributed by atoms with E-state index in [1.54, 1.807) is 12.3 Å². The van der Waals surface area contributed by atoms with Crippen LogP contribution in [0.1, 0.15) is 35.6 Å². The molecule has 3 aromatic rings. The monoisotopic (exact) mass is 410 g/mol. The van der Waals surface area contributed by atoms with Gasteiger partial charge in [0.25, 0.3) is 0 Å². The second-order valence-corrected chi connectivity index (χ2v) is 7.25. The number of hydrogen-bond acceptors (Lipinski definition) is 5. The minimum absolute atomic E-state index is 0.0148. The molecule has 0 fully saturated rings. The molecule has 5 nitrogen and oxygen atoms in total. The van der Waals surface area contributed by atoms with Crippen LogP contribution < -0.4 is 4.74 Å². The Hall–Kier alpha value is -2.73. The summed E-state index contributed by atoms with van der Waals surface area (Å²) in [5.74, 6) is 1.76. The van der Waals surface area contributed by atoms with Crippen LogP contribution in [0.15, 0.2) is 74.9 Å². The van der Waals surface area contributed by atoms with Crippen molar-refractivity contribution < 1.29 is 14.3 Å². The smallest absolute Gasteiger partial charge is 0.246 e. The highest BCUT2D eigenvalue weighted by Crippen LogP contribution is 2.48. The van der Waals surface area contributed by atoms with Crippen molar-refractivity contribution in [2.45, 2.75) is 18.7 Å². The van der Waals surface area contributed by atoms with Gasteiger partial charge in [0.05, 0.1) is 18.0 Å². The van der Waals surface area contributed by atoms with Gasteiger partial charge in [0.2, 0.25) is 6.23 Å². The molecule has 0 amide bonds. The van der Waals surface area contributed by atoms with Gasteiger partial charge in [0, 0.05) is 22.0 Å². The van der Waals surface area contributed by atoms with Gasteiger partial charge in [-0.25, -0.2) is 5.01 Å². The van der Waals surface area contributed by atoms with Crippen molar-refractivity contribution in [2.24, 2.45) is 5.10 Å². The highest BCUT2D eigenvalue weighted by Gasteiger charge is 2.42. The zero-order chi connectivity index (χ0) is 17.7. The molecule has 26 heavy (non-hydrogen) atoms. The van der Waals surface area contributed by atoms with Gasteiger partial charge in [-0.1, -0.05) is 28.1 Å². The molecule has 130 valence electrons. The number of benzene rings is 2. The first kappa shape index (κ1) is 15.5. The second kappa shape index (κ2) is 5.92. The molecular formula is C20H15BrN2O3. The van der Waals surface area contributed by atoms with Crippen LogP contribution in [-0.4, -0.2) is 15.8 Å². The van der Waals surface area contributed by atoms with Crippen LogP contribution in [0, 0.1) is 0 Å². The number of phenolic OH excluding ortho intramolecular Hbond substituents is 1. The van der Waals surface area contributed by atoms with E-state index in [-0.39, 0.29) is 11.8 Å². The van der Waals surface area contributed by atoms with Gasteiger partial charge in [-0.15, -0.1) is 0 Å². The van der Waals surface area contributed by atoms with E-state index in [9.17, 15) is 5.11 Å².